The lowest BCUT2D eigenvalue weighted by Crippen LogP contribution is -2.34. The van der Waals surface area contributed by atoms with E-state index in [1.54, 1.807) is 17.8 Å². The van der Waals surface area contributed by atoms with Gasteiger partial charge < -0.3 is 10.6 Å². The van der Waals surface area contributed by atoms with Crippen LogP contribution in [0.3, 0.4) is 0 Å². The maximum Gasteiger partial charge on any atom is 0.319 e. The van der Waals surface area contributed by atoms with Crippen LogP contribution in [-0.4, -0.2) is 11.8 Å². The second-order valence-electron chi connectivity index (χ2n) is 5.77. The number of amides is 2. The van der Waals surface area contributed by atoms with Crippen LogP contribution in [-0.2, 0) is 0 Å². The first-order valence-corrected chi connectivity index (χ1v) is 8.58. The van der Waals surface area contributed by atoms with Crippen molar-refractivity contribution in [2.75, 3.05) is 11.1 Å². The fourth-order valence-corrected chi connectivity index (χ4v) is 3.77. The van der Waals surface area contributed by atoms with Crippen molar-refractivity contribution in [1.82, 2.24) is 5.32 Å². The predicted octanol–water partition coefficient (Wildman–Crippen LogP) is 4.80. The Kier molecular flexibility index (Phi) is 4.57. The number of carbonyl (C=O) groups excluding carboxylic acids is 1. The number of halogens is 1. The zero-order valence-electron chi connectivity index (χ0n) is 13.2. The monoisotopic (exact) mass is 330 g/mol. The average molecular weight is 330 g/mol. The van der Waals surface area contributed by atoms with Gasteiger partial charge >= 0.3 is 6.03 Å². The minimum Gasteiger partial charge on any atom is -0.331 e. The Labute approximate surface area is 139 Å². The van der Waals surface area contributed by atoms with Crippen molar-refractivity contribution in [1.29, 1.82) is 0 Å². The maximum absolute atomic E-state index is 13.5. The first-order valence-electron chi connectivity index (χ1n) is 7.60. The zero-order valence-corrected chi connectivity index (χ0v) is 14.0. The van der Waals surface area contributed by atoms with Crippen LogP contribution < -0.4 is 10.6 Å². The molecule has 23 heavy (non-hydrogen) atoms. The van der Waals surface area contributed by atoms with Gasteiger partial charge in [-0.25, -0.2) is 9.18 Å². The van der Waals surface area contributed by atoms with Crippen LogP contribution >= 0.6 is 11.8 Å². The van der Waals surface area contributed by atoms with Gasteiger partial charge in [0, 0.05) is 16.3 Å². The van der Waals surface area contributed by atoms with Crippen LogP contribution in [0.2, 0.25) is 0 Å². The number of carbonyl (C=O) groups is 1. The van der Waals surface area contributed by atoms with E-state index < -0.39 is 0 Å². The summed E-state index contributed by atoms with van der Waals surface area (Å²) < 4.78 is 13.5. The lowest BCUT2D eigenvalue weighted by atomic mass is 10.0. The van der Waals surface area contributed by atoms with Crippen molar-refractivity contribution in [2.45, 2.75) is 31.2 Å². The first-order chi connectivity index (χ1) is 11.0. The molecule has 1 atom stereocenters. The van der Waals surface area contributed by atoms with Gasteiger partial charge in [0.1, 0.15) is 5.82 Å². The van der Waals surface area contributed by atoms with Crippen LogP contribution in [0.4, 0.5) is 14.9 Å². The molecule has 120 valence electrons. The van der Waals surface area contributed by atoms with Crippen molar-refractivity contribution in [3.05, 3.63) is 58.9 Å². The number of rotatable bonds is 2. The summed E-state index contributed by atoms with van der Waals surface area (Å²) in [6, 6.07) is 10.1. The quantitative estimate of drug-likeness (QED) is 0.830. The highest BCUT2D eigenvalue weighted by molar-refractivity contribution is 7.99. The van der Waals surface area contributed by atoms with E-state index in [9.17, 15) is 9.18 Å². The molecule has 0 spiro atoms. The van der Waals surface area contributed by atoms with Gasteiger partial charge in [-0.1, -0.05) is 6.07 Å². The van der Waals surface area contributed by atoms with E-state index in [0.717, 1.165) is 33.9 Å². The number of benzene rings is 2. The second kappa shape index (κ2) is 6.62. The summed E-state index contributed by atoms with van der Waals surface area (Å²) in [6.45, 7) is 4.04. The summed E-state index contributed by atoms with van der Waals surface area (Å²) >= 11 is 1.70. The molecule has 3 rings (SSSR count). The molecule has 1 aliphatic rings. The van der Waals surface area contributed by atoms with Gasteiger partial charge in [-0.3, -0.25) is 0 Å². The molecule has 2 N–H and O–H groups in total. The van der Waals surface area contributed by atoms with Gasteiger partial charge in [0.05, 0.1) is 6.04 Å². The van der Waals surface area contributed by atoms with Crippen LogP contribution in [0.5, 0.6) is 0 Å². The number of hydrogen-bond donors (Lipinski definition) is 2. The standard InChI is InChI=1S/C18H19FN2OS/c1-11-3-5-14(9-12(11)2)20-18(22)21-16-7-8-23-17-6-4-13(19)10-15(16)17/h3-6,9-10,16H,7-8H2,1-2H3,(H2,20,21,22). The molecule has 1 aliphatic heterocycles. The highest BCUT2D eigenvalue weighted by Gasteiger charge is 2.22. The second-order valence-corrected chi connectivity index (χ2v) is 6.91. The molecule has 0 saturated carbocycles. The fraction of sp³-hybridized carbons (Fsp3) is 0.278. The molecule has 2 amide bonds. The van der Waals surface area contributed by atoms with Gasteiger partial charge in [-0.15, -0.1) is 11.8 Å². The van der Waals surface area contributed by atoms with Crippen molar-refractivity contribution in [3.8, 4) is 0 Å². The van der Waals surface area contributed by atoms with E-state index in [2.05, 4.69) is 10.6 Å². The van der Waals surface area contributed by atoms with E-state index in [-0.39, 0.29) is 17.9 Å². The molecule has 1 heterocycles. The molecule has 0 fully saturated rings. The largest absolute Gasteiger partial charge is 0.331 e. The fourth-order valence-electron chi connectivity index (χ4n) is 2.66. The third-order valence-corrected chi connectivity index (χ3v) is 5.20. The van der Waals surface area contributed by atoms with Gasteiger partial charge in [-0.05, 0) is 67.3 Å². The summed E-state index contributed by atoms with van der Waals surface area (Å²) in [5.41, 5.74) is 3.93. The molecule has 0 saturated heterocycles. The Hall–Kier alpha value is -2.01. The number of hydrogen-bond acceptors (Lipinski definition) is 2. The number of anilines is 1. The Bertz CT molecular complexity index is 748. The summed E-state index contributed by atoms with van der Waals surface area (Å²) in [6.07, 6.45) is 0.793. The molecule has 0 radical (unpaired) electrons. The smallest absolute Gasteiger partial charge is 0.319 e. The van der Waals surface area contributed by atoms with E-state index >= 15 is 0 Å². The first kappa shape index (κ1) is 15.9. The van der Waals surface area contributed by atoms with Crippen molar-refractivity contribution in [2.24, 2.45) is 0 Å². The van der Waals surface area contributed by atoms with Gasteiger partial charge in [0.25, 0.3) is 0 Å². The topological polar surface area (TPSA) is 41.1 Å². The lowest BCUT2D eigenvalue weighted by Gasteiger charge is -2.26. The highest BCUT2D eigenvalue weighted by atomic mass is 32.2. The Morgan fingerprint density at radius 1 is 1.17 bits per heavy atom. The van der Waals surface area contributed by atoms with Gasteiger partial charge in [0.15, 0.2) is 0 Å². The predicted molar refractivity (Wildman–Crippen MR) is 92.6 cm³/mol. The highest BCUT2D eigenvalue weighted by Crippen LogP contribution is 2.36. The normalized spacial score (nSPS) is 16.6. The van der Waals surface area contributed by atoms with Crippen molar-refractivity contribution >= 4 is 23.5 Å². The van der Waals surface area contributed by atoms with Crippen LogP contribution in [0.25, 0.3) is 0 Å². The maximum atomic E-state index is 13.5. The molecule has 1 unspecified atom stereocenters. The van der Waals surface area contributed by atoms with E-state index in [1.165, 1.54) is 17.7 Å². The molecule has 2 aromatic carbocycles. The summed E-state index contributed by atoms with van der Waals surface area (Å²) in [5.74, 6) is 0.639. The van der Waals surface area contributed by atoms with Gasteiger partial charge in [-0.2, -0.15) is 0 Å². The van der Waals surface area contributed by atoms with Crippen LogP contribution in [0, 0.1) is 19.7 Å². The van der Waals surface area contributed by atoms with Crippen LogP contribution in [0.15, 0.2) is 41.3 Å². The summed E-state index contributed by atoms with van der Waals surface area (Å²) in [5, 5.41) is 5.81. The summed E-state index contributed by atoms with van der Waals surface area (Å²) in [4.78, 5) is 13.3. The lowest BCUT2D eigenvalue weighted by molar-refractivity contribution is 0.248. The molecule has 3 nitrogen and oxygen atoms in total. The summed E-state index contributed by atoms with van der Waals surface area (Å²) in [7, 11) is 0. The Balaban J connectivity index is 1.71. The average Bonchev–Trinajstić information content (AvgIpc) is 2.51. The molecular weight excluding hydrogens is 311 g/mol. The SMILES string of the molecule is Cc1ccc(NC(=O)NC2CCSc3ccc(F)cc32)cc1C. The van der Waals surface area contributed by atoms with Crippen molar-refractivity contribution in [3.63, 3.8) is 0 Å². The minimum absolute atomic E-state index is 0.159. The van der Waals surface area contributed by atoms with E-state index in [0.29, 0.717) is 0 Å². The third-order valence-electron chi connectivity index (χ3n) is 4.08. The molecule has 2 aromatic rings. The molecule has 0 aromatic heterocycles. The number of aryl methyl sites for hydroxylation is 2. The minimum atomic E-state index is -0.271. The zero-order chi connectivity index (χ0) is 16.4. The van der Waals surface area contributed by atoms with Gasteiger partial charge in [0.2, 0.25) is 0 Å². The number of urea groups is 1. The molecule has 0 bridgehead atoms. The third kappa shape index (κ3) is 3.67. The Morgan fingerprint density at radius 2 is 2.00 bits per heavy atom. The number of nitrogens with one attached hydrogen (secondary N) is 2. The number of fused-ring (bicyclic) bond motifs is 1. The van der Waals surface area contributed by atoms with Crippen LogP contribution in [0.1, 0.15) is 29.2 Å². The Morgan fingerprint density at radius 3 is 2.78 bits per heavy atom. The number of thioether (sulfide) groups is 1. The van der Waals surface area contributed by atoms with E-state index in [1.807, 2.05) is 32.0 Å². The molecule has 5 heteroatoms. The molecule has 0 aliphatic carbocycles. The van der Waals surface area contributed by atoms with Crippen molar-refractivity contribution < 1.29 is 9.18 Å². The molecular formula is C18H19FN2OS. The van der Waals surface area contributed by atoms with E-state index in [4.69, 9.17) is 0 Å².